The molecule has 0 unspecified atom stereocenters. The topological polar surface area (TPSA) is 96.3 Å². The van der Waals surface area contributed by atoms with Gasteiger partial charge in [0.15, 0.2) is 0 Å². The van der Waals surface area contributed by atoms with Crippen molar-refractivity contribution in [1.82, 2.24) is 19.8 Å². The zero-order chi connectivity index (χ0) is 19.8. The summed E-state index contributed by atoms with van der Waals surface area (Å²) < 4.78 is 1.94. The molecule has 1 aromatic heterocycles. The molecule has 3 aromatic rings. The van der Waals surface area contributed by atoms with E-state index in [9.17, 15) is 14.4 Å². The Morgan fingerprint density at radius 2 is 1.93 bits per heavy atom. The predicted octanol–water partition coefficient (Wildman–Crippen LogP) is 2.19. The van der Waals surface area contributed by atoms with Crippen LogP contribution in [0.4, 0.5) is 10.5 Å². The van der Waals surface area contributed by atoms with E-state index < -0.39 is 0 Å². The molecule has 1 aliphatic heterocycles. The van der Waals surface area contributed by atoms with Crippen molar-refractivity contribution in [2.75, 3.05) is 11.9 Å². The Bertz CT molecular complexity index is 1080. The van der Waals surface area contributed by atoms with Crippen molar-refractivity contribution in [2.45, 2.75) is 13.5 Å². The molecule has 0 atom stereocenters. The van der Waals surface area contributed by atoms with Gasteiger partial charge in [0.05, 0.1) is 24.1 Å². The Kier molecular flexibility index (Phi) is 4.31. The molecule has 1 aliphatic rings. The van der Waals surface area contributed by atoms with E-state index in [1.54, 1.807) is 30.3 Å². The first kappa shape index (κ1) is 17.7. The molecular weight excluding hydrogens is 358 g/mol. The van der Waals surface area contributed by atoms with Crippen molar-refractivity contribution < 1.29 is 14.4 Å². The van der Waals surface area contributed by atoms with Crippen molar-refractivity contribution in [3.63, 3.8) is 0 Å². The van der Waals surface area contributed by atoms with Crippen LogP contribution in [0.25, 0.3) is 11.0 Å². The molecular formula is C20H19N5O3. The van der Waals surface area contributed by atoms with Gasteiger partial charge in [0.25, 0.3) is 5.91 Å². The predicted molar refractivity (Wildman–Crippen MR) is 104 cm³/mol. The Hall–Kier alpha value is -3.68. The molecule has 2 heterocycles. The number of aromatic nitrogens is 2. The number of nitrogens with zero attached hydrogens (tertiary/aromatic N) is 3. The Morgan fingerprint density at radius 3 is 2.61 bits per heavy atom. The number of hydrogen-bond donors (Lipinski definition) is 2. The zero-order valence-electron chi connectivity index (χ0n) is 15.5. The van der Waals surface area contributed by atoms with E-state index in [0.29, 0.717) is 11.3 Å². The fourth-order valence-electron chi connectivity index (χ4n) is 3.15. The normalized spacial score (nSPS) is 13.9. The van der Waals surface area contributed by atoms with Crippen molar-refractivity contribution in [3.05, 3.63) is 59.4 Å². The maximum absolute atomic E-state index is 12.6. The van der Waals surface area contributed by atoms with Crippen molar-refractivity contribution in [3.8, 4) is 0 Å². The monoisotopic (exact) mass is 377 g/mol. The summed E-state index contributed by atoms with van der Waals surface area (Å²) in [6.07, 6.45) is 0. The highest BCUT2D eigenvalue weighted by molar-refractivity contribution is 6.06. The second-order valence-electron chi connectivity index (χ2n) is 6.71. The molecule has 0 saturated carbocycles. The molecule has 4 rings (SSSR count). The molecule has 142 valence electrons. The van der Waals surface area contributed by atoms with Gasteiger partial charge in [-0.2, -0.15) is 0 Å². The number of rotatable bonds is 4. The molecule has 2 aromatic carbocycles. The number of imidazole rings is 1. The maximum atomic E-state index is 12.6. The number of fused-ring (bicyclic) bond motifs is 1. The number of carbonyl (C=O) groups excluding carboxylic acids is 3. The molecule has 1 fully saturated rings. The summed E-state index contributed by atoms with van der Waals surface area (Å²) >= 11 is 0. The lowest BCUT2D eigenvalue weighted by Gasteiger charge is -2.13. The first-order chi connectivity index (χ1) is 13.4. The van der Waals surface area contributed by atoms with E-state index in [0.717, 1.165) is 22.4 Å². The van der Waals surface area contributed by atoms with Gasteiger partial charge in [0.2, 0.25) is 5.91 Å². The lowest BCUT2D eigenvalue weighted by atomic mass is 10.1. The summed E-state index contributed by atoms with van der Waals surface area (Å²) in [6, 6.07) is 12.1. The average molecular weight is 377 g/mol. The van der Waals surface area contributed by atoms with Gasteiger partial charge in [-0.15, -0.1) is 0 Å². The largest absolute Gasteiger partial charge is 0.331 e. The molecule has 4 amide bonds. The molecule has 2 N–H and O–H groups in total. The third kappa shape index (κ3) is 3.20. The molecule has 28 heavy (non-hydrogen) atoms. The average Bonchev–Trinajstić information content (AvgIpc) is 3.16. The van der Waals surface area contributed by atoms with Crippen LogP contribution in [0.3, 0.4) is 0 Å². The van der Waals surface area contributed by atoms with E-state index in [1.807, 2.05) is 30.7 Å². The van der Waals surface area contributed by atoms with Gasteiger partial charge in [-0.25, -0.2) is 9.78 Å². The fourth-order valence-corrected chi connectivity index (χ4v) is 3.15. The second-order valence-corrected chi connectivity index (χ2v) is 6.71. The summed E-state index contributed by atoms with van der Waals surface area (Å²) in [5, 5.41) is 5.35. The lowest BCUT2D eigenvalue weighted by molar-refractivity contribution is -0.125. The van der Waals surface area contributed by atoms with Crippen LogP contribution in [0.15, 0.2) is 42.5 Å². The van der Waals surface area contributed by atoms with E-state index in [2.05, 4.69) is 15.6 Å². The molecule has 8 nitrogen and oxygen atoms in total. The van der Waals surface area contributed by atoms with Crippen LogP contribution >= 0.6 is 0 Å². The Morgan fingerprint density at radius 1 is 1.18 bits per heavy atom. The van der Waals surface area contributed by atoms with E-state index in [1.165, 1.54) is 4.90 Å². The third-order valence-corrected chi connectivity index (χ3v) is 4.86. The van der Waals surface area contributed by atoms with Gasteiger partial charge in [0.1, 0.15) is 5.82 Å². The number of hydrogen-bond acceptors (Lipinski definition) is 4. The number of nitrogens with one attached hydrogen (secondary N) is 2. The van der Waals surface area contributed by atoms with Gasteiger partial charge in [-0.3, -0.25) is 14.5 Å². The summed E-state index contributed by atoms with van der Waals surface area (Å²) in [6.45, 7) is 2.16. The van der Waals surface area contributed by atoms with Crippen LogP contribution in [0, 0.1) is 6.92 Å². The SMILES string of the molecule is Cc1nc2ccc(C(=O)Nc3ccc(CN4C(=O)CNC4=O)cc3)cc2n1C. The number of urea groups is 1. The minimum Gasteiger partial charge on any atom is -0.331 e. The van der Waals surface area contributed by atoms with Crippen LogP contribution in [0.1, 0.15) is 21.7 Å². The summed E-state index contributed by atoms with van der Waals surface area (Å²) in [5.41, 5.74) is 3.72. The molecule has 0 radical (unpaired) electrons. The highest BCUT2D eigenvalue weighted by atomic mass is 16.2. The van der Waals surface area contributed by atoms with Gasteiger partial charge in [-0.05, 0) is 42.8 Å². The fraction of sp³-hybridized carbons (Fsp3) is 0.200. The van der Waals surface area contributed by atoms with Crippen LogP contribution in [0.2, 0.25) is 0 Å². The molecule has 0 aliphatic carbocycles. The van der Waals surface area contributed by atoms with Crippen LogP contribution in [-0.4, -0.2) is 38.8 Å². The number of amides is 4. The summed E-state index contributed by atoms with van der Waals surface area (Å²) in [4.78, 5) is 41.4. The number of aryl methyl sites for hydroxylation is 2. The van der Waals surface area contributed by atoms with E-state index in [-0.39, 0.29) is 30.9 Å². The first-order valence-electron chi connectivity index (χ1n) is 8.84. The quantitative estimate of drug-likeness (QED) is 0.681. The van der Waals surface area contributed by atoms with Crippen molar-refractivity contribution in [2.24, 2.45) is 7.05 Å². The van der Waals surface area contributed by atoms with E-state index >= 15 is 0 Å². The number of carbonyl (C=O) groups is 3. The molecule has 8 heteroatoms. The highest BCUT2D eigenvalue weighted by Crippen LogP contribution is 2.18. The van der Waals surface area contributed by atoms with Crippen molar-refractivity contribution >= 4 is 34.6 Å². The standard InChI is InChI=1S/C20H19N5O3/c1-12-22-16-8-5-14(9-17(16)24(12)2)19(27)23-15-6-3-13(4-7-15)11-25-18(26)10-21-20(25)28/h3-9H,10-11H2,1-2H3,(H,21,28)(H,23,27). The van der Waals surface area contributed by atoms with E-state index in [4.69, 9.17) is 0 Å². The second kappa shape index (κ2) is 6.80. The number of imide groups is 1. The summed E-state index contributed by atoms with van der Waals surface area (Å²) in [7, 11) is 1.91. The molecule has 0 bridgehead atoms. The van der Waals surface area contributed by atoms with Crippen molar-refractivity contribution in [1.29, 1.82) is 0 Å². The third-order valence-electron chi connectivity index (χ3n) is 4.86. The van der Waals surface area contributed by atoms with Gasteiger partial charge < -0.3 is 15.2 Å². The molecule has 1 saturated heterocycles. The number of benzene rings is 2. The van der Waals surface area contributed by atoms with Crippen LogP contribution in [-0.2, 0) is 18.4 Å². The smallest absolute Gasteiger partial charge is 0.324 e. The van der Waals surface area contributed by atoms with Gasteiger partial charge >= 0.3 is 6.03 Å². The van der Waals surface area contributed by atoms with Gasteiger partial charge in [-0.1, -0.05) is 12.1 Å². The summed E-state index contributed by atoms with van der Waals surface area (Å²) in [5.74, 6) is 0.416. The lowest BCUT2D eigenvalue weighted by Crippen LogP contribution is -2.30. The van der Waals surface area contributed by atoms with Crippen LogP contribution in [0.5, 0.6) is 0 Å². The zero-order valence-corrected chi connectivity index (χ0v) is 15.5. The minimum atomic E-state index is -0.386. The molecule has 0 spiro atoms. The maximum Gasteiger partial charge on any atom is 0.324 e. The number of anilines is 1. The highest BCUT2D eigenvalue weighted by Gasteiger charge is 2.28. The minimum absolute atomic E-state index is 0.0352. The van der Waals surface area contributed by atoms with Crippen LogP contribution < -0.4 is 10.6 Å². The first-order valence-corrected chi connectivity index (χ1v) is 8.84. The Balaban J connectivity index is 1.47. The van der Waals surface area contributed by atoms with Gasteiger partial charge in [0, 0.05) is 18.3 Å². The Labute approximate surface area is 161 Å².